The van der Waals surface area contributed by atoms with Crippen LogP contribution in [0.4, 0.5) is 5.69 Å². The lowest BCUT2D eigenvalue weighted by atomic mass is 9.90. The van der Waals surface area contributed by atoms with Gasteiger partial charge in [0.2, 0.25) is 0 Å². The van der Waals surface area contributed by atoms with E-state index >= 15 is 0 Å². The Kier molecular flexibility index (Phi) is 3.00. The van der Waals surface area contributed by atoms with Crippen molar-refractivity contribution in [1.29, 1.82) is 0 Å². The first-order chi connectivity index (χ1) is 8.88. The third kappa shape index (κ3) is 1.98. The van der Waals surface area contributed by atoms with Crippen molar-refractivity contribution in [2.24, 2.45) is 0 Å². The van der Waals surface area contributed by atoms with Crippen LogP contribution in [0, 0.1) is 0 Å². The molecule has 1 unspecified atom stereocenters. The molecule has 0 amide bonds. The molecule has 4 heteroatoms. The molecule has 0 radical (unpaired) electrons. The molecule has 94 valence electrons. The van der Waals surface area contributed by atoms with Crippen molar-refractivity contribution in [1.82, 2.24) is 15.2 Å². The van der Waals surface area contributed by atoms with Gasteiger partial charge in [-0.3, -0.25) is 5.10 Å². The van der Waals surface area contributed by atoms with Crippen molar-refractivity contribution >= 4 is 5.69 Å². The highest BCUT2D eigenvalue weighted by molar-refractivity contribution is 5.56. The molecule has 1 aliphatic rings. The highest BCUT2D eigenvalue weighted by Crippen LogP contribution is 2.34. The molecule has 0 spiro atoms. The largest absolute Gasteiger partial charge is 0.385 e. The third-order valence-corrected chi connectivity index (χ3v) is 3.43. The summed E-state index contributed by atoms with van der Waals surface area (Å²) >= 11 is 0. The fourth-order valence-corrected chi connectivity index (χ4v) is 2.55. The number of aromatic nitrogens is 3. The number of hydrogen-bond acceptors (Lipinski definition) is 3. The molecule has 4 nitrogen and oxygen atoms in total. The highest BCUT2D eigenvalue weighted by atomic mass is 15.2. The van der Waals surface area contributed by atoms with E-state index < -0.39 is 0 Å². The highest BCUT2D eigenvalue weighted by Gasteiger charge is 2.24. The lowest BCUT2D eigenvalue weighted by Crippen LogP contribution is -2.18. The second kappa shape index (κ2) is 4.80. The first kappa shape index (κ1) is 11.3. The molecule has 3 rings (SSSR count). The molecular formula is C14H18N4. The zero-order chi connectivity index (χ0) is 12.4. The molecule has 2 aromatic rings. The average molecular weight is 242 g/mol. The summed E-state index contributed by atoms with van der Waals surface area (Å²) in [5.74, 6) is 2.26. The number of nitrogens with one attached hydrogen (secondary N) is 2. The first-order valence-corrected chi connectivity index (χ1v) is 6.62. The number of aryl methyl sites for hydroxylation is 1. The molecule has 1 atom stereocenters. The number of hydrogen-bond donors (Lipinski definition) is 2. The van der Waals surface area contributed by atoms with E-state index in [0.29, 0.717) is 5.92 Å². The Morgan fingerprint density at radius 1 is 1.33 bits per heavy atom. The summed E-state index contributed by atoms with van der Waals surface area (Å²) in [7, 11) is 0. The topological polar surface area (TPSA) is 53.6 Å². The lowest BCUT2D eigenvalue weighted by Gasteiger charge is -2.24. The van der Waals surface area contributed by atoms with Gasteiger partial charge in [0.25, 0.3) is 0 Å². The number of para-hydroxylation sites is 1. The summed E-state index contributed by atoms with van der Waals surface area (Å²) in [4.78, 5) is 4.63. The summed E-state index contributed by atoms with van der Waals surface area (Å²) in [5, 5.41) is 10.9. The number of H-pyrrole nitrogens is 1. The molecule has 0 aliphatic carbocycles. The van der Waals surface area contributed by atoms with Crippen LogP contribution in [-0.4, -0.2) is 21.7 Å². The van der Waals surface area contributed by atoms with Gasteiger partial charge in [0.1, 0.15) is 5.82 Å². The maximum Gasteiger partial charge on any atom is 0.158 e. The minimum atomic E-state index is 0.323. The molecule has 0 saturated heterocycles. The Balaban J connectivity index is 1.92. The van der Waals surface area contributed by atoms with Crippen molar-refractivity contribution in [2.75, 3.05) is 11.9 Å². The van der Waals surface area contributed by atoms with Gasteiger partial charge in [-0.2, -0.15) is 5.10 Å². The molecule has 0 bridgehead atoms. The first-order valence-electron chi connectivity index (χ1n) is 6.62. The van der Waals surface area contributed by atoms with Crippen LogP contribution in [0.15, 0.2) is 24.3 Å². The van der Waals surface area contributed by atoms with E-state index in [9.17, 15) is 0 Å². The summed E-state index contributed by atoms with van der Waals surface area (Å²) < 4.78 is 0. The van der Waals surface area contributed by atoms with Crippen molar-refractivity contribution in [3.05, 3.63) is 41.5 Å². The minimum absolute atomic E-state index is 0.323. The van der Waals surface area contributed by atoms with E-state index in [1.165, 1.54) is 11.3 Å². The van der Waals surface area contributed by atoms with Crippen LogP contribution in [0.1, 0.15) is 42.9 Å². The van der Waals surface area contributed by atoms with Gasteiger partial charge < -0.3 is 5.32 Å². The van der Waals surface area contributed by atoms with Crippen LogP contribution in [0.5, 0.6) is 0 Å². The molecule has 2 heterocycles. The van der Waals surface area contributed by atoms with Gasteiger partial charge in [-0.1, -0.05) is 25.1 Å². The number of rotatable bonds is 3. The molecule has 0 fully saturated rings. The average Bonchev–Trinajstić information content (AvgIpc) is 2.87. The quantitative estimate of drug-likeness (QED) is 0.870. The molecule has 1 aliphatic heterocycles. The van der Waals surface area contributed by atoms with Gasteiger partial charge in [-0.05, 0) is 24.5 Å². The minimum Gasteiger partial charge on any atom is -0.385 e. The fraction of sp³-hybridized carbons (Fsp3) is 0.429. The van der Waals surface area contributed by atoms with Gasteiger partial charge in [0, 0.05) is 24.6 Å². The van der Waals surface area contributed by atoms with Gasteiger partial charge in [-0.15, -0.1) is 0 Å². The zero-order valence-corrected chi connectivity index (χ0v) is 10.6. The molecule has 1 aromatic carbocycles. The van der Waals surface area contributed by atoms with Crippen LogP contribution in [-0.2, 0) is 6.42 Å². The van der Waals surface area contributed by atoms with Gasteiger partial charge in [-0.25, -0.2) is 4.98 Å². The van der Waals surface area contributed by atoms with Gasteiger partial charge in [0.15, 0.2) is 5.82 Å². The lowest BCUT2D eigenvalue weighted by molar-refractivity contribution is 0.677. The van der Waals surface area contributed by atoms with Crippen molar-refractivity contribution in [2.45, 2.75) is 32.1 Å². The Hall–Kier alpha value is -1.84. The van der Waals surface area contributed by atoms with E-state index in [1.54, 1.807) is 0 Å². The van der Waals surface area contributed by atoms with Crippen molar-refractivity contribution < 1.29 is 0 Å². The van der Waals surface area contributed by atoms with Gasteiger partial charge >= 0.3 is 0 Å². The summed E-state index contributed by atoms with van der Waals surface area (Å²) in [5.41, 5.74) is 2.53. The van der Waals surface area contributed by atoms with E-state index in [1.807, 2.05) is 0 Å². The second-order valence-electron chi connectivity index (χ2n) is 4.75. The number of aromatic amines is 1. The summed E-state index contributed by atoms with van der Waals surface area (Å²) in [6.45, 7) is 3.14. The number of benzene rings is 1. The van der Waals surface area contributed by atoms with Crippen LogP contribution >= 0.6 is 0 Å². The smallest absolute Gasteiger partial charge is 0.158 e. The summed E-state index contributed by atoms with van der Waals surface area (Å²) in [6.07, 6.45) is 3.12. The Morgan fingerprint density at radius 2 is 2.22 bits per heavy atom. The number of nitrogens with zero attached hydrogens (tertiary/aromatic N) is 2. The van der Waals surface area contributed by atoms with E-state index in [-0.39, 0.29) is 0 Å². The second-order valence-corrected chi connectivity index (χ2v) is 4.75. The number of anilines is 1. The zero-order valence-electron chi connectivity index (χ0n) is 10.6. The number of fused-ring (bicyclic) bond motifs is 1. The van der Waals surface area contributed by atoms with E-state index in [0.717, 1.165) is 37.5 Å². The molecule has 18 heavy (non-hydrogen) atoms. The monoisotopic (exact) mass is 242 g/mol. The Labute approximate surface area is 107 Å². The molecule has 0 saturated carbocycles. The van der Waals surface area contributed by atoms with Crippen LogP contribution in [0.3, 0.4) is 0 Å². The van der Waals surface area contributed by atoms with Gasteiger partial charge in [0.05, 0.1) is 0 Å². The fourth-order valence-electron chi connectivity index (χ4n) is 2.55. The standard InChI is InChI=1S/C14H18N4/c1-2-5-13-16-14(18-17-13)11-8-9-15-12-7-4-3-6-10(11)12/h3-4,6-7,11,15H,2,5,8-9H2,1H3,(H,16,17,18). The molecule has 2 N–H and O–H groups in total. The molecular weight excluding hydrogens is 224 g/mol. The van der Waals surface area contributed by atoms with E-state index in [2.05, 4.69) is 51.7 Å². The predicted molar refractivity (Wildman–Crippen MR) is 71.8 cm³/mol. The maximum atomic E-state index is 4.63. The maximum absolute atomic E-state index is 4.63. The Bertz CT molecular complexity index is 532. The summed E-state index contributed by atoms with van der Waals surface area (Å²) in [6, 6.07) is 8.44. The van der Waals surface area contributed by atoms with Crippen molar-refractivity contribution in [3.63, 3.8) is 0 Å². The SMILES string of the molecule is CCCc1nc(C2CCNc3ccccc32)n[nH]1. The Morgan fingerprint density at radius 3 is 3.11 bits per heavy atom. The third-order valence-electron chi connectivity index (χ3n) is 3.43. The van der Waals surface area contributed by atoms with Crippen LogP contribution < -0.4 is 5.32 Å². The van der Waals surface area contributed by atoms with Crippen LogP contribution in [0.25, 0.3) is 0 Å². The van der Waals surface area contributed by atoms with Crippen molar-refractivity contribution in [3.8, 4) is 0 Å². The molecule has 1 aromatic heterocycles. The normalized spacial score (nSPS) is 18.2. The predicted octanol–water partition coefficient (Wildman–Crippen LogP) is 2.70. The van der Waals surface area contributed by atoms with E-state index in [4.69, 9.17) is 0 Å². The van der Waals surface area contributed by atoms with Crippen LogP contribution in [0.2, 0.25) is 0 Å².